The summed E-state index contributed by atoms with van der Waals surface area (Å²) in [6, 6.07) is 29.0. The molecule has 3 aromatic rings. The van der Waals surface area contributed by atoms with Crippen molar-refractivity contribution in [1.29, 1.82) is 0 Å². The van der Waals surface area contributed by atoms with Gasteiger partial charge in [0.15, 0.2) is 8.32 Å². The molecule has 0 spiro atoms. The summed E-state index contributed by atoms with van der Waals surface area (Å²) < 4.78 is 7.60. The molecule has 0 radical (unpaired) electrons. The van der Waals surface area contributed by atoms with E-state index in [-0.39, 0.29) is 11.1 Å². The number of rotatable bonds is 6. The molecule has 204 valence electrons. The Hall–Kier alpha value is -2.36. The van der Waals surface area contributed by atoms with E-state index >= 15 is 0 Å². The van der Waals surface area contributed by atoms with Crippen molar-refractivity contribution >= 4 is 29.9 Å². The van der Waals surface area contributed by atoms with Gasteiger partial charge in [0, 0.05) is 35.2 Å². The van der Waals surface area contributed by atoms with E-state index in [9.17, 15) is 0 Å². The molecule has 2 aliphatic heterocycles. The van der Waals surface area contributed by atoms with Gasteiger partial charge in [-0.3, -0.25) is 4.90 Å². The average Bonchev–Trinajstić information content (AvgIpc) is 3.32. The SMILES string of the molecule is CC(C)(C)[Si](C)(C)OCC#C[C@H]1[C@@H]2CCN(Cc3ccccc3)[C@@H]2c2cc(Br)ccc2N1Cc1ccccc1. The summed E-state index contributed by atoms with van der Waals surface area (Å²) in [7, 11) is -1.84. The molecule has 0 N–H and O–H groups in total. The van der Waals surface area contributed by atoms with Gasteiger partial charge in [-0.1, -0.05) is 109 Å². The van der Waals surface area contributed by atoms with E-state index in [0.717, 1.165) is 30.5 Å². The van der Waals surface area contributed by atoms with Crippen molar-refractivity contribution in [2.75, 3.05) is 18.1 Å². The Labute approximate surface area is 244 Å². The highest BCUT2D eigenvalue weighted by molar-refractivity contribution is 9.10. The molecular weight excluding hydrogens is 560 g/mol. The fourth-order valence-electron chi connectivity index (χ4n) is 5.77. The monoisotopic (exact) mass is 600 g/mol. The highest BCUT2D eigenvalue weighted by atomic mass is 79.9. The fraction of sp³-hybridized carbons (Fsp3) is 0.412. The van der Waals surface area contributed by atoms with Gasteiger partial charge in [0.25, 0.3) is 0 Å². The largest absolute Gasteiger partial charge is 0.406 e. The van der Waals surface area contributed by atoms with Crippen LogP contribution in [0.15, 0.2) is 83.3 Å². The maximum absolute atomic E-state index is 6.47. The molecule has 0 saturated carbocycles. The maximum atomic E-state index is 6.47. The average molecular weight is 602 g/mol. The molecule has 3 aromatic carbocycles. The second kappa shape index (κ2) is 11.6. The predicted octanol–water partition coefficient (Wildman–Crippen LogP) is 8.43. The van der Waals surface area contributed by atoms with Crippen molar-refractivity contribution in [3.8, 4) is 11.8 Å². The second-order valence-corrected chi connectivity index (χ2v) is 18.2. The Kier molecular flexibility index (Phi) is 8.40. The van der Waals surface area contributed by atoms with E-state index in [4.69, 9.17) is 4.43 Å². The Morgan fingerprint density at radius 1 is 0.923 bits per heavy atom. The number of nitrogens with zero attached hydrogens (tertiary/aromatic N) is 2. The second-order valence-electron chi connectivity index (χ2n) is 12.5. The first-order valence-electron chi connectivity index (χ1n) is 14.1. The number of fused-ring (bicyclic) bond motifs is 3. The van der Waals surface area contributed by atoms with Crippen LogP contribution in [0.25, 0.3) is 0 Å². The smallest absolute Gasteiger partial charge is 0.193 e. The van der Waals surface area contributed by atoms with E-state index in [1.54, 1.807) is 0 Å². The van der Waals surface area contributed by atoms with Gasteiger partial charge in [0.2, 0.25) is 0 Å². The van der Waals surface area contributed by atoms with E-state index < -0.39 is 8.32 Å². The van der Waals surface area contributed by atoms with Crippen LogP contribution in [-0.4, -0.2) is 32.4 Å². The summed E-state index contributed by atoms with van der Waals surface area (Å²) in [5.74, 6) is 7.70. The van der Waals surface area contributed by atoms with Crippen LogP contribution in [0, 0.1) is 17.8 Å². The topological polar surface area (TPSA) is 15.7 Å². The van der Waals surface area contributed by atoms with Gasteiger partial charge < -0.3 is 9.33 Å². The summed E-state index contributed by atoms with van der Waals surface area (Å²) in [6.07, 6.45) is 1.14. The highest BCUT2D eigenvalue weighted by Crippen LogP contribution is 2.50. The molecule has 0 amide bonds. The predicted molar refractivity (Wildman–Crippen MR) is 169 cm³/mol. The Bertz CT molecular complexity index is 1330. The molecule has 5 heteroatoms. The molecule has 0 aromatic heterocycles. The van der Waals surface area contributed by atoms with Gasteiger partial charge in [0.05, 0.1) is 12.6 Å². The standard InChI is InChI=1S/C34H41BrN2OSi/c1-34(2,3)39(4,5)38-22-12-17-31-29-20-21-36(24-26-13-8-6-9-14-26)33(29)30-23-28(35)18-19-32(30)37(31)25-27-15-10-7-11-16-27/h6-11,13-16,18-19,23,29,31,33H,20-22,24-25H2,1-5H3/t29-,31-,33-/m0/s1. The molecule has 0 aliphatic carbocycles. The zero-order valence-corrected chi connectivity index (χ0v) is 26.5. The fourth-order valence-corrected chi connectivity index (χ4v) is 7.01. The van der Waals surface area contributed by atoms with Crippen LogP contribution in [-0.2, 0) is 17.5 Å². The maximum Gasteiger partial charge on any atom is 0.193 e. The summed E-state index contributed by atoms with van der Waals surface area (Å²) in [5.41, 5.74) is 5.39. The van der Waals surface area contributed by atoms with E-state index in [1.807, 2.05) is 0 Å². The zero-order valence-electron chi connectivity index (χ0n) is 24.0. The first kappa shape index (κ1) is 28.2. The van der Waals surface area contributed by atoms with Crippen molar-refractivity contribution in [3.05, 3.63) is 100 Å². The number of anilines is 1. The van der Waals surface area contributed by atoms with Crippen molar-refractivity contribution in [2.24, 2.45) is 5.92 Å². The molecule has 0 unspecified atom stereocenters. The lowest BCUT2D eigenvalue weighted by Crippen LogP contribution is -2.46. The van der Waals surface area contributed by atoms with Crippen molar-refractivity contribution in [1.82, 2.24) is 4.90 Å². The third kappa shape index (κ3) is 6.20. The van der Waals surface area contributed by atoms with Gasteiger partial charge in [-0.15, -0.1) is 0 Å². The van der Waals surface area contributed by atoms with Crippen LogP contribution in [0.3, 0.4) is 0 Å². The van der Waals surface area contributed by atoms with Gasteiger partial charge in [-0.25, -0.2) is 0 Å². The molecule has 1 fully saturated rings. The van der Waals surface area contributed by atoms with Crippen LogP contribution in [0.4, 0.5) is 5.69 Å². The zero-order chi connectivity index (χ0) is 27.6. The lowest BCUT2D eigenvalue weighted by Gasteiger charge is -2.45. The van der Waals surface area contributed by atoms with Gasteiger partial charge >= 0.3 is 0 Å². The third-order valence-electron chi connectivity index (χ3n) is 8.89. The first-order valence-corrected chi connectivity index (χ1v) is 17.8. The molecule has 1 saturated heterocycles. The van der Waals surface area contributed by atoms with Crippen LogP contribution in [0.5, 0.6) is 0 Å². The molecule has 3 atom stereocenters. The van der Waals surface area contributed by atoms with Crippen molar-refractivity contribution in [2.45, 2.75) is 70.5 Å². The number of likely N-dealkylation sites (tertiary alicyclic amines) is 1. The molecule has 5 rings (SSSR count). The van der Waals surface area contributed by atoms with E-state index in [1.165, 1.54) is 22.4 Å². The van der Waals surface area contributed by atoms with Gasteiger partial charge in [-0.05, 0) is 66.0 Å². The van der Waals surface area contributed by atoms with E-state index in [0.29, 0.717) is 18.6 Å². The molecule has 3 nitrogen and oxygen atoms in total. The number of hydrogen-bond donors (Lipinski definition) is 0. The van der Waals surface area contributed by atoms with Crippen LogP contribution < -0.4 is 4.90 Å². The third-order valence-corrected chi connectivity index (χ3v) is 13.9. The molecule has 0 bridgehead atoms. The number of benzene rings is 3. The first-order chi connectivity index (χ1) is 18.6. The summed E-state index contributed by atoms with van der Waals surface area (Å²) in [5, 5.41) is 0.180. The van der Waals surface area contributed by atoms with Gasteiger partial charge in [-0.2, -0.15) is 0 Å². The van der Waals surface area contributed by atoms with Crippen LogP contribution >= 0.6 is 15.9 Å². The Morgan fingerprint density at radius 2 is 1.56 bits per heavy atom. The molecule has 2 heterocycles. The lowest BCUT2D eigenvalue weighted by atomic mass is 9.81. The van der Waals surface area contributed by atoms with Crippen LogP contribution in [0.1, 0.15) is 49.9 Å². The van der Waals surface area contributed by atoms with Crippen molar-refractivity contribution in [3.63, 3.8) is 0 Å². The quantitative estimate of drug-likeness (QED) is 0.208. The molecular formula is C34H41BrN2OSi. The number of hydrogen-bond acceptors (Lipinski definition) is 3. The highest BCUT2D eigenvalue weighted by Gasteiger charge is 2.46. The minimum atomic E-state index is -1.84. The molecule has 39 heavy (non-hydrogen) atoms. The summed E-state index contributed by atoms with van der Waals surface area (Å²) in [4.78, 5) is 5.23. The van der Waals surface area contributed by atoms with Gasteiger partial charge in [0.1, 0.15) is 0 Å². The normalized spacial score (nSPS) is 21.2. The minimum Gasteiger partial charge on any atom is -0.406 e. The number of halogens is 1. The molecule has 2 aliphatic rings. The minimum absolute atomic E-state index is 0.132. The Balaban J connectivity index is 1.51. The lowest BCUT2D eigenvalue weighted by molar-refractivity contribution is 0.205. The summed E-state index contributed by atoms with van der Waals surface area (Å²) >= 11 is 3.78. The summed E-state index contributed by atoms with van der Waals surface area (Å²) in [6.45, 7) is 14.9. The van der Waals surface area contributed by atoms with E-state index in [2.05, 4.69) is 150 Å². The van der Waals surface area contributed by atoms with Crippen LogP contribution in [0.2, 0.25) is 18.1 Å². The van der Waals surface area contributed by atoms with Crippen molar-refractivity contribution < 1.29 is 4.43 Å². The Morgan fingerprint density at radius 3 is 2.21 bits per heavy atom.